The fourth-order valence-electron chi connectivity index (χ4n) is 0.887. The van der Waals surface area contributed by atoms with Gasteiger partial charge in [0, 0.05) is 10.6 Å². The predicted octanol–water partition coefficient (Wildman–Crippen LogP) is 4.30. The Bertz CT molecular complexity index is 331. The Labute approximate surface area is 81.3 Å². The topological polar surface area (TPSA) is 0 Å². The fourth-order valence-corrected chi connectivity index (χ4v) is 1.09. The van der Waals surface area contributed by atoms with Gasteiger partial charge < -0.3 is 0 Å². The molecule has 6 heteroatoms. The minimum Gasteiger partial charge on any atom is -0.205 e. The molecule has 0 heterocycles. The Balaban J connectivity index is 3.20. The van der Waals surface area contributed by atoms with Gasteiger partial charge in [-0.1, -0.05) is 11.6 Å². The summed E-state index contributed by atoms with van der Waals surface area (Å²) in [5.41, 5.74) is -1.93. The highest BCUT2D eigenvalue weighted by molar-refractivity contribution is 6.31. The maximum atomic E-state index is 12.1. The standard InChI is InChI=1S/C8H4ClF5/c9-6-2-1-4(8(12,13)14)3-5(6)7(10)11/h1-3,7H. The molecule has 0 bridgehead atoms. The van der Waals surface area contributed by atoms with E-state index < -0.39 is 23.7 Å². The summed E-state index contributed by atoms with van der Waals surface area (Å²) < 4.78 is 60.5. The third kappa shape index (κ3) is 2.35. The highest BCUT2D eigenvalue weighted by atomic mass is 35.5. The summed E-state index contributed by atoms with van der Waals surface area (Å²) in [6.45, 7) is 0. The summed E-state index contributed by atoms with van der Waals surface area (Å²) >= 11 is 5.29. The molecule has 1 aromatic carbocycles. The van der Waals surface area contributed by atoms with Gasteiger partial charge in [0.1, 0.15) is 0 Å². The molecule has 0 aliphatic heterocycles. The molecule has 14 heavy (non-hydrogen) atoms. The number of hydrogen-bond acceptors (Lipinski definition) is 0. The van der Waals surface area contributed by atoms with Gasteiger partial charge in [-0.25, -0.2) is 8.78 Å². The van der Waals surface area contributed by atoms with E-state index in [1.165, 1.54) is 0 Å². The van der Waals surface area contributed by atoms with Crippen LogP contribution in [0.1, 0.15) is 17.6 Å². The van der Waals surface area contributed by atoms with Crippen molar-refractivity contribution in [3.63, 3.8) is 0 Å². The van der Waals surface area contributed by atoms with E-state index in [9.17, 15) is 22.0 Å². The molecule has 0 spiro atoms. The van der Waals surface area contributed by atoms with Crippen molar-refractivity contribution >= 4 is 11.6 Å². The Hall–Kier alpha value is -0.840. The van der Waals surface area contributed by atoms with E-state index in [1.54, 1.807) is 0 Å². The lowest BCUT2D eigenvalue weighted by atomic mass is 10.1. The molecule has 1 rings (SSSR count). The van der Waals surface area contributed by atoms with Crippen molar-refractivity contribution in [3.8, 4) is 0 Å². The molecule has 0 aliphatic carbocycles. The summed E-state index contributed by atoms with van der Waals surface area (Å²) in [5, 5.41) is -0.368. The second-order valence-electron chi connectivity index (χ2n) is 2.53. The molecular formula is C8H4ClF5. The predicted molar refractivity (Wildman–Crippen MR) is 41.4 cm³/mol. The summed E-state index contributed by atoms with van der Waals surface area (Å²) in [5.74, 6) is 0. The molecule has 0 saturated heterocycles. The lowest BCUT2D eigenvalue weighted by Gasteiger charge is -2.09. The average Bonchev–Trinajstić information content (AvgIpc) is 2.02. The zero-order valence-electron chi connectivity index (χ0n) is 6.58. The summed E-state index contributed by atoms with van der Waals surface area (Å²) in [7, 11) is 0. The smallest absolute Gasteiger partial charge is 0.205 e. The summed E-state index contributed by atoms with van der Waals surface area (Å²) in [4.78, 5) is 0. The Morgan fingerprint density at radius 1 is 1.14 bits per heavy atom. The molecule has 0 amide bonds. The van der Waals surface area contributed by atoms with Gasteiger partial charge in [-0.05, 0) is 18.2 Å². The molecule has 0 fully saturated rings. The number of benzene rings is 1. The first-order valence-corrected chi connectivity index (χ1v) is 3.85. The zero-order valence-corrected chi connectivity index (χ0v) is 7.33. The Kier molecular flexibility index (Phi) is 2.99. The molecule has 1 aromatic rings. The molecule has 0 nitrogen and oxygen atoms in total. The van der Waals surface area contributed by atoms with Crippen molar-refractivity contribution in [3.05, 3.63) is 34.3 Å². The maximum absolute atomic E-state index is 12.1. The third-order valence-corrected chi connectivity index (χ3v) is 1.90. The van der Waals surface area contributed by atoms with Crippen LogP contribution >= 0.6 is 11.6 Å². The highest BCUT2D eigenvalue weighted by Gasteiger charge is 2.31. The van der Waals surface area contributed by atoms with Crippen LogP contribution in [0.3, 0.4) is 0 Å². The van der Waals surface area contributed by atoms with Gasteiger partial charge in [0.25, 0.3) is 6.43 Å². The molecule has 0 N–H and O–H groups in total. The number of rotatable bonds is 1. The van der Waals surface area contributed by atoms with Gasteiger partial charge in [-0.2, -0.15) is 13.2 Å². The molecule has 0 atom stereocenters. The first-order valence-electron chi connectivity index (χ1n) is 3.47. The van der Waals surface area contributed by atoms with E-state index in [2.05, 4.69) is 0 Å². The van der Waals surface area contributed by atoms with Crippen molar-refractivity contribution in [1.82, 2.24) is 0 Å². The van der Waals surface area contributed by atoms with Crippen LogP contribution in [0.5, 0.6) is 0 Å². The van der Waals surface area contributed by atoms with E-state index in [-0.39, 0.29) is 5.02 Å². The average molecular weight is 231 g/mol. The monoisotopic (exact) mass is 230 g/mol. The summed E-state index contributed by atoms with van der Waals surface area (Å²) in [6, 6.07) is 1.83. The third-order valence-electron chi connectivity index (χ3n) is 1.56. The van der Waals surface area contributed by atoms with Crippen molar-refractivity contribution in [2.75, 3.05) is 0 Å². The van der Waals surface area contributed by atoms with Gasteiger partial charge in [0.2, 0.25) is 0 Å². The van der Waals surface area contributed by atoms with Crippen LogP contribution in [0.15, 0.2) is 18.2 Å². The maximum Gasteiger partial charge on any atom is 0.416 e. The van der Waals surface area contributed by atoms with Crippen LogP contribution in [0, 0.1) is 0 Å². The second kappa shape index (κ2) is 3.73. The first kappa shape index (κ1) is 11.2. The Morgan fingerprint density at radius 3 is 2.14 bits per heavy atom. The van der Waals surface area contributed by atoms with Gasteiger partial charge >= 0.3 is 6.18 Å². The minimum absolute atomic E-state index is 0.354. The SMILES string of the molecule is FC(F)c1cc(C(F)(F)F)ccc1Cl. The van der Waals surface area contributed by atoms with Gasteiger partial charge in [0.15, 0.2) is 0 Å². The van der Waals surface area contributed by atoms with Crippen LogP contribution in [-0.4, -0.2) is 0 Å². The quantitative estimate of drug-likeness (QED) is 0.631. The van der Waals surface area contributed by atoms with Crippen LogP contribution in [0.25, 0.3) is 0 Å². The summed E-state index contributed by atoms with van der Waals surface area (Å²) in [6.07, 6.45) is -7.64. The highest BCUT2D eigenvalue weighted by Crippen LogP contribution is 2.34. The molecule has 0 radical (unpaired) electrons. The van der Waals surface area contributed by atoms with E-state index >= 15 is 0 Å². The molecular weight excluding hydrogens is 227 g/mol. The molecule has 0 aliphatic rings. The number of alkyl halides is 5. The second-order valence-corrected chi connectivity index (χ2v) is 2.94. The van der Waals surface area contributed by atoms with E-state index in [4.69, 9.17) is 11.6 Å². The molecule has 0 aromatic heterocycles. The molecule has 78 valence electrons. The minimum atomic E-state index is -4.63. The van der Waals surface area contributed by atoms with Crippen molar-refractivity contribution in [2.24, 2.45) is 0 Å². The number of halogens is 6. The van der Waals surface area contributed by atoms with Crippen molar-refractivity contribution in [1.29, 1.82) is 0 Å². The van der Waals surface area contributed by atoms with Gasteiger partial charge in [-0.15, -0.1) is 0 Å². The zero-order chi connectivity index (χ0) is 10.9. The van der Waals surface area contributed by atoms with Crippen LogP contribution in [0.4, 0.5) is 22.0 Å². The van der Waals surface area contributed by atoms with Crippen LogP contribution < -0.4 is 0 Å². The lowest BCUT2D eigenvalue weighted by molar-refractivity contribution is -0.137. The fraction of sp³-hybridized carbons (Fsp3) is 0.250. The molecule has 0 saturated carbocycles. The van der Waals surface area contributed by atoms with Gasteiger partial charge in [-0.3, -0.25) is 0 Å². The van der Waals surface area contributed by atoms with E-state index in [0.29, 0.717) is 12.1 Å². The largest absolute Gasteiger partial charge is 0.416 e. The Morgan fingerprint density at radius 2 is 1.71 bits per heavy atom. The van der Waals surface area contributed by atoms with Crippen LogP contribution in [0.2, 0.25) is 5.02 Å². The van der Waals surface area contributed by atoms with Crippen LogP contribution in [-0.2, 0) is 6.18 Å². The normalized spacial score (nSPS) is 12.2. The number of hydrogen-bond donors (Lipinski definition) is 0. The lowest BCUT2D eigenvalue weighted by Crippen LogP contribution is -2.05. The van der Waals surface area contributed by atoms with Gasteiger partial charge in [0.05, 0.1) is 5.56 Å². The first-order chi connectivity index (χ1) is 6.32. The van der Waals surface area contributed by atoms with Crippen molar-refractivity contribution in [2.45, 2.75) is 12.6 Å². The van der Waals surface area contributed by atoms with E-state index in [0.717, 1.165) is 6.07 Å². The van der Waals surface area contributed by atoms with E-state index in [1.807, 2.05) is 0 Å². The van der Waals surface area contributed by atoms with Crippen molar-refractivity contribution < 1.29 is 22.0 Å². The molecule has 0 unspecified atom stereocenters.